The molecule has 2 rings (SSSR count). The van der Waals surface area contributed by atoms with Crippen LogP contribution in [0, 0.1) is 0 Å². The highest BCUT2D eigenvalue weighted by Crippen LogP contribution is 2.51. The zero-order chi connectivity index (χ0) is 12.0. The van der Waals surface area contributed by atoms with E-state index in [1.807, 2.05) is 12.1 Å². The number of rotatable bonds is 3. The summed E-state index contributed by atoms with van der Waals surface area (Å²) >= 11 is 0. The van der Waals surface area contributed by atoms with Crippen LogP contribution >= 0.6 is 0 Å². The van der Waals surface area contributed by atoms with E-state index in [2.05, 4.69) is 13.8 Å². The molecule has 1 saturated carbocycles. The molecule has 3 N–H and O–H groups in total. The van der Waals surface area contributed by atoms with Crippen molar-refractivity contribution in [1.29, 1.82) is 0 Å². The number of phenols is 1. The maximum atomic E-state index is 10.0. The van der Waals surface area contributed by atoms with Gasteiger partial charge in [0.15, 0.2) is 0 Å². The molecule has 0 atom stereocenters. The summed E-state index contributed by atoms with van der Waals surface area (Å²) in [6, 6.07) is 5.41. The van der Waals surface area contributed by atoms with Gasteiger partial charge in [0.1, 0.15) is 11.5 Å². The van der Waals surface area contributed by atoms with Crippen LogP contribution in [0.5, 0.6) is 11.5 Å². The fourth-order valence-electron chi connectivity index (χ4n) is 2.19. The van der Waals surface area contributed by atoms with Crippen molar-refractivity contribution in [1.82, 2.24) is 0 Å². The van der Waals surface area contributed by atoms with E-state index in [1.54, 1.807) is 13.2 Å². The van der Waals surface area contributed by atoms with Crippen LogP contribution in [0.3, 0.4) is 0 Å². The molecule has 3 nitrogen and oxygen atoms in total. The lowest BCUT2D eigenvalue weighted by Gasteiger charge is -2.33. The predicted molar refractivity (Wildman–Crippen MR) is 63.8 cm³/mol. The van der Waals surface area contributed by atoms with Crippen LogP contribution in [0.15, 0.2) is 18.2 Å². The average molecular weight is 221 g/mol. The number of aromatic hydroxyl groups is 1. The van der Waals surface area contributed by atoms with Gasteiger partial charge in [-0.15, -0.1) is 0 Å². The lowest BCUT2D eigenvalue weighted by Crippen LogP contribution is -2.43. The molecule has 0 aliphatic heterocycles. The molecule has 1 aromatic rings. The van der Waals surface area contributed by atoms with Gasteiger partial charge in [0, 0.05) is 22.6 Å². The number of hydrogen-bond donors (Lipinski definition) is 2. The van der Waals surface area contributed by atoms with Gasteiger partial charge in [0.05, 0.1) is 7.11 Å². The Balaban J connectivity index is 2.40. The molecule has 0 bridgehead atoms. The second kappa shape index (κ2) is 3.39. The zero-order valence-electron chi connectivity index (χ0n) is 10.1. The first-order valence-electron chi connectivity index (χ1n) is 5.57. The maximum absolute atomic E-state index is 10.0. The average Bonchev–Trinajstić information content (AvgIpc) is 2.97. The van der Waals surface area contributed by atoms with E-state index in [1.165, 1.54) is 0 Å². The number of phenolic OH excluding ortho intramolecular Hbond substituents is 1. The highest BCUT2D eigenvalue weighted by molar-refractivity contribution is 5.46. The summed E-state index contributed by atoms with van der Waals surface area (Å²) in [6.45, 7) is 4.17. The van der Waals surface area contributed by atoms with Crippen LogP contribution in [-0.2, 0) is 5.41 Å². The van der Waals surface area contributed by atoms with Crippen molar-refractivity contribution in [2.45, 2.75) is 37.6 Å². The monoisotopic (exact) mass is 221 g/mol. The van der Waals surface area contributed by atoms with E-state index in [0.717, 1.165) is 18.4 Å². The van der Waals surface area contributed by atoms with Crippen molar-refractivity contribution < 1.29 is 9.84 Å². The summed E-state index contributed by atoms with van der Waals surface area (Å²) in [6.07, 6.45) is 2.04. The first kappa shape index (κ1) is 11.3. The molecule has 3 heteroatoms. The Morgan fingerprint density at radius 1 is 1.38 bits per heavy atom. The topological polar surface area (TPSA) is 55.5 Å². The van der Waals surface area contributed by atoms with Crippen molar-refractivity contribution in [3.8, 4) is 11.5 Å². The van der Waals surface area contributed by atoms with E-state index in [-0.39, 0.29) is 16.7 Å². The third-order valence-corrected chi connectivity index (χ3v) is 3.91. The predicted octanol–water partition coefficient (Wildman–Crippen LogP) is 2.17. The van der Waals surface area contributed by atoms with Gasteiger partial charge in [-0.2, -0.15) is 0 Å². The molecule has 0 amide bonds. The number of ether oxygens (including phenoxy) is 1. The fraction of sp³-hybridized carbons (Fsp3) is 0.538. The van der Waals surface area contributed by atoms with Gasteiger partial charge in [-0.05, 0) is 18.9 Å². The first-order chi connectivity index (χ1) is 7.40. The van der Waals surface area contributed by atoms with E-state index < -0.39 is 0 Å². The molecular weight excluding hydrogens is 202 g/mol. The lowest BCUT2D eigenvalue weighted by atomic mass is 9.75. The molecule has 0 spiro atoms. The molecule has 0 aromatic heterocycles. The summed E-state index contributed by atoms with van der Waals surface area (Å²) in [5.74, 6) is 0.931. The van der Waals surface area contributed by atoms with E-state index in [0.29, 0.717) is 5.75 Å². The van der Waals surface area contributed by atoms with Crippen LogP contribution in [0.4, 0.5) is 0 Å². The molecule has 0 heterocycles. The van der Waals surface area contributed by atoms with Crippen molar-refractivity contribution in [3.05, 3.63) is 23.8 Å². The Kier molecular flexibility index (Phi) is 2.39. The fourth-order valence-corrected chi connectivity index (χ4v) is 2.19. The van der Waals surface area contributed by atoms with Crippen LogP contribution in [0.25, 0.3) is 0 Å². The van der Waals surface area contributed by atoms with Crippen LogP contribution in [0.2, 0.25) is 0 Å². The molecule has 1 fully saturated rings. The van der Waals surface area contributed by atoms with Crippen molar-refractivity contribution in [3.63, 3.8) is 0 Å². The van der Waals surface area contributed by atoms with Gasteiger partial charge in [0.25, 0.3) is 0 Å². The highest BCUT2D eigenvalue weighted by Gasteiger charge is 2.52. The van der Waals surface area contributed by atoms with Gasteiger partial charge >= 0.3 is 0 Å². The second-order valence-electron chi connectivity index (χ2n) is 5.16. The normalized spacial score (nSPS) is 18.2. The van der Waals surface area contributed by atoms with Crippen molar-refractivity contribution >= 4 is 0 Å². The Morgan fingerprint density at radius 2 is 2.00 bits per heavy atom. The minimum atomic E-state index is -0.205. The third kappa shape index (κ3) is 1.55. The largest absolute Gasteiger partial charge is 0.508 e. The smallest absolute Gasteiger partial charge is 0.123 e. The molecular formula is C13H19NO2. The van der Waals surface area contributed by atoms with Gasteiger partial charge in [-0.25, -0.2) is 0 Å². The van der Waals surface area contributed by atoms with Crippen LogP contribution in [0.1, 0.15) is 32.3 Å². The van der Waals surface area contributed by atoms with E-state index in [4.69, 9.17) is 10.5 Å². The number of methoxy groups -OCH3 is 1. The summed E-state index contributed by atoms with van der Waals surface area (Å²) < 4.78 is 5.07. The highest BCUT2D eigenvalue weighted by atomic mass is 16.5. The van der Waals surface area contributed by atoms with Crippen molar-refractivity contribution in [2.24, 2.45) is 5.73 Å². The van der Waals surface area contributed by atoms with E-state index in [9.17, 15) is 5.11 Å². The SMILES string of the molecule is COc1ccc(C(C)(C)C2(N)CC2)c(O)c1. The Hall–Kier alpha value is -1.22. The molecule has 1 aliphatic carbocycles. The molecule has 0 saturated heterocycles. The molecule has 0 unspecified atom stereocenters. The van der Waals surface area contributed by atoms with E-state index >= 15 is 0 Å². The molecule has 0 radical (unpaired) electrons. The number of benzene rings is 1. The van der Waals surface area contributed by atoms with Crippen molar-refractivity contribution in [2.75, 3.05) is 7.11 Å². The summed E-state index contributed by atoms with van der Waals surface area (Å²) in [4.78, 5) is 0. The minimum absolute atomic E-state index is 0.168. The zero-order valence-corrected chi connectivity index (χ0v) is 10.1. The summed E-state index contributed by atoms with van der Waals surface area (Å²) in [7, 11) is 1.59. The Labute approximate surface area is 96.2 Å². The maximum Gasteiger partial charge on any atom is 0.123 e. The Morgan fingerprint density at radius 3 is 2.44 bits per heavy atom. The van der Waals surface area contributed by atoms with Gasteiger partial charge in [0.2, 0.25) is 0 Å². The van der Waals surface area contributed by atoms with Gasteiger partial charge < -0.3 is 15.6 Å². The first-order valence-corrected chi connectivity index (χ1v) is 5.57. The number of nitrogens with two attached hydrogens (primary N) is 1. The van der Waals surface area contributed by atoms with Gasteiger partial charge in [-0.3, -0.25) is 0 Å². The standard InChI is InChI=1S/C13H19NO2/c1-12(2,13(14)6-7-13)10-5-4-9(16-3)8-11(10)15/h4-5,8,15H,6-7,14H2,1-3H3. The second-order valence-corrected chi connectivity index (χ2v) is 5.16. The Bertz CT molecular complexity index is 408. The molecule has 1 aromatic carbocycles. The van der Waals surface area contributed by atoms with Gasteiger partial charge in [-0.1, -0.05) is 19.9 Å². The lowest BCUT2D eigenvalue weighted by molar-refractivity contribution is 0.362. The molecule has 16 heavy (non-hydrogen) atoms. The van der Waals surface area contributed by atoms with Crippen LogP contribution in [-0.4, -0.2) is 17.8 Å². The quantitative estimate of drug-likeness (QED) is 0.822. The summed E-state index contributed by atoms with van der Waals surface area (Å²) in [5.41, 5.74) is 6.78. The molecule has 88 valence electrons. The van der Waals surface area contributed by atoms with Crippen LogP contribution < -0.4 is 10.5 Å². The third-order valence-electron chi connectivity index (χ3n) is 3.91. The molecule has 1 aliphatic rings. The summed E-state index contributed by atoms with van der Waals surface area (Å²) in [5, 5.41) is 10.0. The number of hydrogen-bond acceptors (Lipinski definition) is 3. The minimum Gasteiger partial charge on any atom is -0.508 e.